The maximum atomic E-state index is 12.9. The van der Waals surface area contributed by atoms with E-state index in [-0.39, 0.29) is 29.5 Å². The second-order valence-electron chi connectivity index (χ2n) is 7.39. The third-order valence-corrected chi connectivity index (χ3v) is 8.42. The van der Waals surface area contributed by atoms with E-state index in [1.54, 1.807) is 23.3 Å². The number of nitrogens with zero attached hydrogens (tertiary/aromatic N) is 2. The van der Waals surface area contributed by atoms with Crippen molar-refractivity contribution in [2.75, 3.05) is 31.6 Å². The van der Waals surface area contributed by atoms with Gasteiger partial charge in [-0.2, -0.15) is 0 Å². The smallest absolute Gasteiger partial charge is 0.236 e. The van der Waals surface area contributed by atoms with Gasteiger partial charge < -0.3 is 4.90 Å². The molecule has 2 aliphatic heterocycles. The highest BCUT2D eigenvalue weighted by atomic mass is 32.2. The van der Waals surface area contributed by atoms with Crippen LogP contribution in [0.15, 0.2) is 41.8 Å². The van der Waals surface area contributed by atoms with E-state index in [4.69, 9.17) is 0 Å². The summed E-state index contributed by atoms with van der Waals surface area (Å²) in [6, 6.07) is 12.3. The summed E-state index contributed by atoms with van der Waals surface area (Å²) in [5.74, 6) is 0.271. The van der Waals surface area contributed by atoms with Crippen LogP contribution in [0.3, 0.4) is 0 Å². The number of likely N-dealkylation sites (N-methyl/N-ethyl adjacent to an activating group) is 1. The number of hydrogen-bond acceptors (Lipinski definition) is 5. The molecule has 0 radical (unpaired) electrons. The largest absolute Gasteiger partial charge is 0.341 e. The maximum absolute atomic E-state index is 12.9. The zero-order valence-electron chi connectivity index (χ0n) is 15.4. The lowest BCUT2D eigenvalue weighted by Gasteiger charge is -2.37. The number of benzene rings is 1. The van der Waals surface area contributed by atoms with Gasteiger partial charge in [0.25, 0.3) is 0 Å². The van der Waals surface area contributed by atoms with Crippen LogP contribution in [0.5, 0.6) is 0 Å². The van der Waals surface area contributed by atoms with Gasteiger partial charge in [-0.3, -0.25) is 9.69 Å². The summed E-state index contributed by atoms with van der Waals surface area (Å²) in [7, 11) is -1.26. The molecule has 1 saturated heterocycles. The van der Waals surface area contributed by atoms with Crippen molar-refractivity contribution in [2.45, 2.75) is 24.9 Å². The van der Waals surface area contributed by atoms with Crippen LogP contribution in [0.1, 0.15) is 28.5 Å². The molecule has 2 aliphatic rings. The van der Waals surface area contributed by atoms with Crippen LogP contribution in [0.25, 0.3) is 0 Å². The molecule has 0 aliphatic carbocycles. The molecule has 144 valence electrons. The second-order valence-corrected chi connectivity index (χ2v) is 10.6. The lowest BCUT2D eigenvalue weighted by atomic mass is 9.93. The van der Waals surface area contributed by atoms with Crippen molar-refractivity contribution < 1.29 is 13.2 Å². The normalized spacial score (nSPS) is 24.5. The number of fused-ring (bicyclic) bond motifs is 1. The Hall–Kier alpha value is -1.70. The average Bonchev–Trinajstić information content (AvgIpc) is 3.27. The first-order valence-electron chi connectivity index (χ1n) is 9.26. The Morgan fingerprint density at radius 2 is 2.04 bits per heavy atom. The maximum Gasteiger partial charge on any atom is 0.236 e. The predicted octanol–water partition coefficient (Wildman–Crippen LogP) is 2.34. The molecule has 1 fully saturated rings. The molecule has 5 nitrogen and oxygen atoms in total. The van der Waals surface area contributed by atoms with E-state index in [0.29, 0.717) is 13.0 Å². The Labute approximate surface area is 164 Å². The predicted molar refractivity (Wildman–Crippen MR) is 108 cm³/mol. The van der Waals surface area contributed by atoms with E-state index in [0.717, 1.165) is 13.0 Å². The van der Waals surface area contributed by atoms with Crippen molar-refractivity contribution in [3.8, 4) is 0 Å². The fourth-order valence-electron chi connectivity index (χ4n) is 4.13. The summed E-state index contributed by atoms with van der Waals surface area (Å²) >= 11 is 1.78. The van der Waals surface area contributed by atoms with E-state index in [1.807, 2.05) is 18.2 Å². The third kappa shape index (κ3) is 3.81. The fraction of sp³-hybridized carbons (Fsp3) is 0.450. The van der Waals surface area contributed by atoms with E-state index >= 15 is 0 Å². The molecule has 3 heterocycles. The third-order valence-electron chi connectivity index (χ3n) is 5.67. The molecular weight excluding hydrogens is 380 g/mol. The minimum absolute atomic E-state index is 0.00305. The van der Waals surface area contributed by atoms with Gasteiger partial charge >= 0.3 is 0 Å². The first-order chi connectivity index (χ1) is 12.9. The van der Waals surface area contributed by atoms with Crippen LogP contribution in [-0.2, 0) is 21.1 Å². The molecule has 1 aromatic carbocycles. The Balaban J connectivity index is 1.54. The Morgan fingerprint density at radius 1 is 1.26 bits per heavy atom. The SMILES string of the molecule is CN(C(=O)CN1CCc2sccc2[C@@H]1c1ccccc1)[C@@H]1CCS(=O)(=O)C1. The minimum Gasteiger partial charge on any atom is -0.341 e. The monoisotopic (exact) mass is 404 g/mol. The molecule has 0 spiro atoms. The molecule has 0 unspecified atom stereocenters. The van der Waals surface area contributed by atoms with Crippen molar-refractivity contribution >= 4 is 27.1 Å². The average molecular weight is 405 g/mol. The number of hydrogen-bond donors (Lipinski definition) is 0. The summed E-state index contributed by atoms with van der Waals surface area (Å²) < 4.78 is 23.5. The van der Waals surface area contributed by atoms with E-state index in [2.05, 4.69) is 28.5 Å². The van der Waals surface area contributed by atoms with Crippen LogP contribution in [0, 0.1) is 0 Å². The van der Waals surface area contributed by atoms with Crippen molar-refractivity contribution in [1.29, 1.82) is 0 Å². The van der Waals surface area contributed by atoms with Crippen molar-refractivity contribution in [3.63, 3.8) is 0 Å². The van der Waals surface area contributed by atoms with Gasteiger partial charge in [0.15, 0.2) is 9.84 Å². The van der Waals surface area contributed by atoms with Gasteiger partial charge in [0.1, 0.15) is 0 Å². The molecule has 0 saturated carbocycles. The molecule has 27 heavy (non-hydrogen) atoms. The molecule has 1 amide bonds. The summed E-state index contributed by atoms with van der Waals surface area (Å²) in [4.78, 5) is 18.2. The van der Waals surface area contributed by atoms with Crippen LogP contribution < -0.4 is 0 Å². The number of rotatable bonds is 4. The lowest BCUT2D eigenvalue weighted by molar-refractivity contribution is -0.133. The topological polar surface area (TPSA) is 57.7 Å². The molecule has 0 N–H and O–H groups in total. The fourth-order valence-corrected chi connectivity index (χ4v) is 6.81. The Bertz CT molecular complexity index is 924. The number of carbonyl (C=O) groups excluding carboxylic acids is 1. The molecule has 1 aromatic heterocycles. The van der Waals surface area contributed by atoms with Gasteiger partial charge in [-0.05, 0) is 35.4 Å². The highest BCUT2D eigenvalue weighted by molar-refractivity contribution is 7.91. The van der Waals surface area contributed by atoms with Crippen molar-refractivity contribution in [1.82, 2.24) is 9.80 Å². The molecular formula is C20H24N2O3S2. The summed E-state index contributed by atoms with van der Waals surface area (Å²) in [6.45, 7) is 1.14. The van der Waals surface area contributed by atoms with Crippen LogP contribution in [0.4, 0.5) is 0 Å². The minimum atomic E-state index is -3.00. The summed E-state index contributed by atoms with van der Waals surface area (Å²) in [5, 5.41) is 2.13. The van der Waals surface area contributed by atoms with Gasteiger partial charge in [0.05, 0.1) is 24.1 Å². The Morgan fingerprint density at radius 3 is 2.74 bits per heavy atom. The zero-order valence-corrected chi connectivity index (χ0v) is 17.0. The van der Waals surface area contributed by atoms with Gasteiger partial charge in [0, 0.05) is 24.5 Å². The first kappa shape index (κ1) is 18.7. The highest BCUT2D eigenvalue weighted by Gasteiger charge is 2.35. The number of thiophene rings is 1. The summed E-state index contributed by atoms with van der Waals surface area (Å²) in [6.07, 6.45) is 1.49. The standard InChI is InChI=1S/C20H24N2O3S2/c1-21(16-9-12-27(24,25)14-16)19(23)13-22-10-7-18-17(8-11-26-18)20(22)15-5-3-2-4-6-15/h2-6,8,11,16,20H,7,9-10,12-14H2,1H3/t16-,20+/m1/s1. The van der Waals surface area contributed by atoms with Gasteiger partial charge in [-0.25, -0.2) is 8.42 Å². The molecule has 2 aromatic rings. The molecule has 0 bridgehead atoms. The number of carbonyl (C=O) groups is 1. The van der Waals surface area contributed by atoms with Gasteiger partial charge in [-0.1, -0.05) is 30.3 Å². The van der Waals surface area contributed by atoms with Crippen LogP contribution >= 0.6 is 11.3 Å². The van der Waals surface area contributed by atoms with E-state index in [1.165, 1.54) is 16.0 Å². The molecule has 7 heteroatoms. The second kappa shape index (κ2) is 7.37. The van der Waals surface area contributed by atoms with Gasteiger partial charge in [0.2, 0.25) is 5.91 Å². The number of sulfone groups is 1. The molecule has 4 rings (SSSR count). The Kier molecular flexibility index (Phi) is 5.09. The zero-order chi connectivity index (χ0) is 19.0. The van der Waals surface area contributed by atoms with E-state index < -0.39 is 9.84 Å². The quantitative estimate of drug-likeness (QED) is 0.785. The van der Waals surface area contributed by atoms with Crippen LogP contribution in [0.2, 0.25) is 0 Å². The highest BCUT2D eigenvalue weighted by Crippen LogP contribution is 2.37. The van der Waals surface area contributed by atoms with Crippen molar-refractivity contribution in [3.05, 3.63) is 57.8 Å². The van der Waals surface area contributed by atoms with Crippen LogP contribution in [-0.4, -0.2) is 61.8 Å². The first-order valence-corrected chi connectivity index (χ1v) is 12.0. The van der Waals surface area contributed by atoms with E-state index in [9.17, 15) is 13.2 Å². The molecule has 2 atom stereocenters. The lowest BCUT2D eigenvalue weighted by Crippen LogP contribution is -2.46. The summed E-state index contributed by atoms with van der Waals surface area (Å²) in [5.41, 5.74) is 2.48. The van der Waals surface area contributed by atoms with Crippen molar-refractivity contribution in [2.24, 2.45) is 0 Å². The number of amides is 1. The van der Waals surface area contributed by atoms with Gasteiger partial charge in [-0.15, -0.1) is 11.3 Å².